The van der Waals surface area contributed by atoms with E-state index in [1.54, 1.807) is 46.9 Å². The van der Waals surface area contributed by atoms with Crippen molar-refractivity contribution in [3.8, 4) is 5.75 Å². The predicted molar refractivity (Wildman–Crippen MR) is 157 cm³/mol. The van der Waals surface area contributed by atoms with Gasteiger partial charge in [0.05, 0.1) is 12.7 Å². The van der Waals surface area contributed by atoms with Crippen LogP contribution in [0.3, 0.4) is 0 Å². The molecule has 8 nitrogen and oxygen atoms in total. The van der Waals surface area contributed by atoms with E-state index in [0.29, 0.717) is 36.5 Å². The number of fused-ring (bicyclic) bond motifs is 1. The summed E-state index contributed by atoms with van der Waals surface area (Å²) in [6.45, 7) is 3.49. The van der Waals surface area contributed by atoms with Gasteiger partial charge in [0.15, 0.2) is 5.65 Å². The minimum absolute atomic E-state index is 0.0898. The Bertz CT molecular complexity index is 1480. The van der Waals surface area contributed by atoms with E-state index >= 15 is 0 Å². The van der Waals surface area contributed by atoms with Gasteiger partial charge in [0.25, 0.3) is 5.91 Å². The van der Waals surface area contributed by atoms with Crippen molar-refractivity contribution in [2.24, 2.45) is 0 Å². The minimum Gasteiger partial charge on any atom is -0.508 e. The molecule has 0 radical (unpaired) electrons. The molecule has 216 valence electrons. The number of aromatic hydroxyl groups is 1. The van der Waals surface area contributed by atoms with Gasteiger partial charge in [-0.3, -0.25) is 9.69 Å². The number of amides is 1. The van der Waals surface area contributed by atoms with Gasteiger partial charge in [0, 0.05) is 43.3 Å². The molecule has 0 saturated carbocycles. The number of hydrogen-bond acceptors (Lipinski definition) is 7. The molecule has 6 rings (SSSR count). The molecular weight excluding hydrogens is 546 g/mol. The van der Waals surface area contributed by atoms with Gasteiger partial charge in [-0.1, -0.05) is 18.2 Å². The summed E-state index contributed by atoms with van der Waals surface area (Å²) >= 11 is 1.54. The molecule has 0 aliphatic carbocycles. The van der Waals surface area contributed by atoms with Gasteiger partial charge in [-0.2, -0.15) is 5.10 Å². The second kappa shape index (κ2) is 13.3. The molecule has 2 aromatic heterocycles. The third-order valence-electron chi connectivity index (χ3n) is 7.33. The van der Waals surface area contributed by atoms with Crippen LogP contribution in [0, 0.1) is 5.82 Å². The summed E-state index contributed by atoms with van der Waals surface area (Å²) in [4.78, 5) is 22.8. The van der Waals surface area contributed by atoms with Crippen molar-refractivity contribution < 1.29 is 18.7 Å². The molecule has 2 saturated heterocycles. The standard InChI is InChI=1S/C23H27FN6O2.C7H7FS/c24-17-4-10-29(15-17)21-7-11-30-22(27-21)20(13-25-30)23(32)26-18-5-8-28(9-6-18)14-16-2-1-3-19(31)12-16;1-9-7-4-2-3-6(8)5-7/h1-3,7,11-13,17-18,31H,4-6,8-10,14-15H2,(H,26,32);2-5H,1H3. The van der Waals surface area contributed by atoms with Gasteiger partial charge in [-0.25, -0.2) is 18.3 Å². The zero-order chi connectivity index (χ0) is 28.8. The number of benzene rings is 2. The number of thioether (sulfide) groups is 1. The maximum atomic E-state index is 13.6. The average Bonchev–Trinajstić information content (AvgIpc) is 3.60. The first-order valence-corrected chi connectivity index (χ1v) is 14.9. The Morgan fingerprint density at radius 3 is 2.59 bits per heavy atom. The van der Waals surface area contributed by atoms with Crippen LogP contribution in [0.15, 0.2) is 71.9 Å². The molecule has 1 unspecified atom stereocenters. The Labute approximate surface area is 242 Å². The number of piperidine rings is 1. The SMILES string of the molecule is CSc1cccc(F)c1.O=C(NC1CCN(Cc2cccc(O)c2)CC1)c1cnn2ccc(N3CCC(F)C3)nc12. The molecule has 41 heavy (non-hydrogen) atoms. The van der Waals surface area contributed by atoms with E-state index in [0.717, 1.165) is 42.9 Å². The van der Waals surface area contributed by atoms with E-state index in [1.165, 1.54) is 12.1 Å². The van der Waals surface area contributed by atoms with Crippen LogP contribution >= 0.6 is 11.8 Å². The molecule has 2 N–H and O–H groups in total. The van der Waals surface area contributed by atoms with Crippen molar-refractivity contribution in [2.75, 3.05) is 37.3 Å². The van der Waals surface area contributed by atoms with Crippen molar-refractivity contribution in [1.29, 1.82) is 0 Å². The highest BCUT2D eigenvalue weighted by Gasteiger charge is 2.25. The monoisotopic (exact) mass is 580 g/mol. The molecule has 2 aliphatic heterocycles. The lowest BCUT2D eigenvalue weighted by Gasteiger charge is -2.32. The largest absolute Gasteiger partial charge is 0.508 e. The number of nitrogens with zero attached hydrogens (tertiary/aromatic N) is 5. The number of nitrogens with one attached hydrogen (secondary N) is 1. The molecule has 0 bridgehead atoms. The molecule has 0 spiro atoms. The normalized spacial score (nSPS) is 17.8. The third-order valence-corrected chi connectivity index (χ3v) is 8.05. The van der Waals surface area contributed by atoms with Crippen molar-refractivity contribution in [3.63, 3.8) is 0 Å². The van der Waals surface area contributed by atoms with E-state index in [-0.39, 0.29) is 23.5 Å². The molecule has 4 aromatic rings. The van der Waals surface area contributed by atoms with Crippen LogP contribution in [0.4, 0.5) is 14.6 Å². The van der Waals surface area contributed by atoms with E-state index in [2.05, 4.69) is 20.3 Å². The van der Waals surface area contributed by atoms with Gasteiger partial charge in [-0.15, -0.1) is 11.8 Å². The molecule has 2 aliphatic rings. The van der Waals surface area contributed by atoms with Crippen LogP contribution in [0.1, 0.15) is 35.2 Å². The Kier molecular flexibility index (Phi) is 9.35. The Balaban J connectivity index is 0.000000321. The first kappa shape index (κ1) is 28.8. The van der Waals surface area contributed by atoms with Crippen LogP contribution in [0.5, 0.6) is 5.75 Å². The highest BCUT2D eigenvalue weighted by Crippen LogP contribution is 2.22. The van der Waals surface area contributed by atoms with Crippen LogP contribution in [0.2, 0.25) is 0 Å². The summed E-state index contributed by atoms with van der Waals surface area (Å²) in [6.07, 6.45) is 6.61. The number of carbonyl (C=O) groups is 1. The van der Waals surface area contributed by atoms with E-state index in [1.807, 2.05) is 35.4 Å². The molecule has 2 fully saturated rings. The lowest BCUT2D eigenvalue weighted by Crippen LogP contribution is -2.44. The molecule has 11 heteroatoms. The molecule has 1 amide bonds. The average molecular weight is 581 g/mol. The number of halogens is 2. The topological polar surface area (TPSA) is 86.0 Å². The maximum absolute atomic E-state index is 13.6. The van der Waals surface area contributed by atoms with Gasteiger partial charge < -0.3 is 15.3 Å². The molecular formula is C30H34F2N6O2S. The summed E-state index contributed by atoms with van der Waals surface area (Å²) in [6, 6.07) is 15.8. The first-order chi connectivity index (χ1) is 19.9. The smallest absolute Gasteiger partial charge is 0.256 e. The Morgan fingerprint density at radius 2 is 1.90 bits per heavy atom. The van der Waals surface area contributed by atoms with Crippen LogP contribution in [0.25, 0.3) is 5.65 Å². The zero-order valence-corrected chi connectivity index (χ0v) is 23.7. The number of alkyl halides is 1. The van der Waals surface area contributed by atoms with Gasteiger partial charge in [-0.05, 0) is 67.5 Å². The summed E-state index contributed by atoms with van der Waals surface area (Å²) < 4.78 is 27.5. The number of aromatic nitrogens is 3. The van der Waals surface area contributed by atoms with Crippen LogP contribution < -0.4 is 10.2 Å². The van der Waals surface area contributed by atoms with Gasteiger partial charge in [0.1, 0.15) is 29.1 Å². The van der Waals surface area contributed by atoms with Crippen LogP contribution in [-0.4, -0.2) is 75.2 Å². The zero-order valence-electron chi connectivity index (χ0n) is 22.9. The number of anilines is 1. The lowest BCUT2D eigenvalue weighted by atomic mass is 10.0. The predicted octanol–water partition coefficient (Wildman–Crippen LogP) is 4.93. The summed E-state index contributed by atoms with van der Waals surface area (Å²) in [5, 5.41) is 17.0. The maximum Gasteiger partial charge on any atom is 0.256 e. The molecule has 1 atom stereocenters. The molecule has 2 aromatic carbocycles. The van der Waals surface area contributed by atoms with Crippen molar-refractivity contribution in [2.45, 2.75) is 42.9 Å². The van der Waals surface area contributed by atoms with E-state index in [4.69, 9.17) is 0 Å². The fourth-order valence-electron chi connectivity index (χ4n) is 5.13. The quantitative estimate of drug-likeness (QED) is 0.313. The molecule has 4 heterocycles. The highest BCUT2D eigenvalue weighted by molar-refractivity contribution is 7.98. The minimum atomic E-state index is -0.834. The summed E-state index contributed by atoms with van der Waals surface area (Å²) in [5.74, 6) is 0.610. The number of phenols is 1. The van der Waals surface area contributed by atoms with E-state index in [9.17, 15) is 18.7 Å². The Hall–Kier alpha value is -3.70. The van der Waals surface area contributed by atoms with Gasteiger partial charge in [0.2, 0.25) is 0 Å². The van der Waals surface area contributed by atoms with E-state index < -0.39 is 6.17 Å². The lowest BCUT2D eigenvalue weighted by molar-refractivity contribution is 0.0910. The first-order valence-electron chi connectivity index (χ1n) is 13.7. The second-order valence-electron chi connectivity index (χ2n) is 10.3. The number of rotatable bonds is 6. The van der Waals surface area contributed by atoms with Crippen molar-refractivity contribution in [3.05, 3.63) is 83.9 Å². The van der Waals surface area contributed by atoms with Crippen molar-refractivity contribution >= 4 is 29.1 Å². The third kappa shape index (κ3) is 7.53. The summed E-state index contributed by atoms with van der Waals surface area (Å²) in [7, 11) is 0. The Morgan fingerprint density at radius 1 is 1.10 bits per heavy atom. The number of carbonyl (C=O) groups excluding carboxylic acids is 1. The highest BCUT2D eigenvalue weighted by atomic mass is 32.2. The number of likely N-dealkylation sites (tertiary alicyclic amines) is 1. The fraction of sp³-hybridized carbons (Fsp3) is 0.367. The van der Waals surface area contributed by atoms with Crippen molar-refractivity contribution in [1.82, 2.24) is 24.8 Å². The second-order valence-corrected chi connectivity index (χ2v) is 11.2. The number of phenolic OH excluding ortho intramolecular Hbond substituents is 1. The van der Waals surface area contributed by atoms with Crippen LogP contribution in [-0.2, 0) is 6.54 Å². The fourth-order valence-corrected chi connectivity index (χ4v) is 5.57. The number of hydrogen-bond donors (Lipinski definition) is 2. The van der Waals surface area contributed by atoms with Gasteiger partial charge >= 0.3 is 0 Å². The summed E-state index contributed by atoms with van der Waals surface area (Å²) in [5.41, 5.74) is 2.01.